The molecule has 0 unspecified atom stereocenters. The van der Waals surface area contributed by atoms with Gasteiger partial charge in [-0.15, -0.1) is 0 Å². The van der Waals surface area contributed by atoms with E-state index in [9.17, 15) is 0 Å². The maximum absolute atomic E-state index is 4.45. The zero-order valence-corrected chi connectivity index (χ0v) is 12.5. The lowest BCUT2D eigenvalue weighted by Crippen LogP contribution is -1.81. The summed E-state index contributed by atoms with van der Waals surface area (Å²) in [6, 6.07) is 10.1. The second kappa shape index (κ2) is 12.6. The summed E-state index contributed by atoms with van der Waals surface area (Å²) in [5.41, 5.74) is 2.22. The zero-order chi connectivity index (χ0) is 14.3. The second-order valence-electron chi connectivity index (χ2n) is 3.34. The van der Waals surface area contributed by atoms with Crippen LogP contribution in [0, 0.1) is 0 Å². The molecule has 0 amide bonds. The first-order chi connectivity index (χ1) is 9.45. The predicted octanol–water partition coefficient (Wildman–Crippen LogP) is 5.56. The third-order valence-corrected chi connectivity index (χ3v) is 2.15. The van der Waals surface area contributed by atoms with Crippen molar-refractivity contribution in [2.45, 2.75) is 34.1 Å². The van der Waals surface area contributed by atoms with Crippen molar-refractivity contribution in [2.24, 2.45) is 4.99 Å². The first kappa shape index (κ1) is 17.1. The smallest absolute Gasteiger partial charge is 0.0441 e. The summed E-state index contributed by atoms with van der Waals surface area (Å²) in [6.07, 6.45) is 13.0. The van der Waals surface area contributed by atoms with Crippen LogP contribution in [0.5, 0.6) is 0 Å². The van der Waals surface area contributed by atoms with Crippen LogP contribution in [0.1, 0.15) is 39.7 Å². The van der Waals surface area contributed by atoms with Gasteiger partial charge in [-0.2, -0.15) is 0 Å². The highest BCUT2D eigenvalue weighted by Gasteiger charge is 1.91. The normalized spacial score (nSPS) is 12.7. The summed E-state index contributed by atoms with van der Waals surface area (Å²) >= 11 is 0. The van der Waals surface area contributed by atoms with E-state index in [1.54, 1.807) is 0 Å². The summed E-state index contributed by atoms with van der Waals surface area (Å²) in [4.78, 5) is 4.45. The maximum atomic E-state index is 4.45. The standard InChI is InChI=1S/C14H13N.2C2H6/c1-2-7-11-14(10-6-1)15-12-13-8-4-3-5-9-13;2*1-2/h1-10,12H,11H2;2*1-2H3. The molecule has 0 aliphatic heterocycles. The number of hydrogen-bond donors (Lipinski definition) is 0. The van der Waals surface area contributed by atoms with Crippen molar-refractivity contribution < 1.29 is 0 Å². The van der Waals surface area contributed by atoms with Gasteiger partial charge < -0.3 is 0 Å². The van der Waals surface area contributed by atoms with Crippen LogP contribution >= 0.6 is 0 Å². The monoisotopic (exact) mass is 255 g/mol. The lowest BCUT2D eigenvalue weighted by molar-refractivity contribution is 1.17. The Morgan fingerprint density at radius 1 is 0.895 bits per heavy atom. The topological polar surface area (TPSA) is 12.4 Å². The minimum Gasteiger partial charge on any atom is -0.260 e. The summed E-state index contributed by atoms with van der Waals surface area (Å²) in [5, 5.41) is 0. The fraction of sp³-hybridized carbons (Fsp3) is 0.278. The molecule has 0 bridgehead atoms. The minimum atomic E-state index is 0.899. The molecule has 0 spiro atoms. The van der Waals surface area contributed by atoms with Gasteiger partial charge in [-0.25, -0.2) is 0 Å². The predicted molar refractivity (Wildman–Crippen MR) is 87.7 cm³/mol. The SMILES string of the molecule is C1=CC=C(N=Cc2ccccc2)CC=C1.CC.CC. The number of hydrogen-bond acceptors (Lipinski definition) is 1. The van der Waals surface area contributed by atoms with E-state index < -0.39 is 0 Å². The van der Waals surface area contributed by atoms with Crippen molar-refractivity contribution in [3.8, 4) is 0 Å². The Morgan fingerprint density at radius 3 is 2.26 bits per heavy atom. The van der Waals surface area contributed by atoms with Crippen molar-refractivity contribution in [3.05, 3.63) is 72.0 Å². The molecule has 1 heteroatoms. The molecule has 2 rings (SSSR count). The van der Waals surface area contributed by atoms with Crippen LogP contribution < -0.4 is 0 Å². The summed E-state index contributed by atoms with van der Waals surface area (Å²) < 4.78 is 0. The van der Waals surface area contributed by atoms with Gasteiger partial charge in [0.25, 0.3) is 0 Å². The lowest BCUT2D eigenvalue weighted by atomic mass is 10.2. The van der Waals surface area contributed by atoms with Gasteiger partial charge in [0.2, 0.25) is 0 Å². The molecule has 0 atom stereocenters. The molecule has 1 aromatic carbocycles. The molecular formula is C18H25N. The van der Waals surface area contributed by atoms with Crippen LogP contribution in [0.3, 0.4) is 0 Å². The molecule has 1 aromatic rings. The average Bonchev–Trinajstić information content (AvgIpc) is 2.79. The number of aliphatic imine (C=N–C) groups is 1. The Bertz CT molecular complexity index is 422. The summed E-state index contributed by atoms with van der Waals surface area (Å²) in [5.74, 6) is 0. The highest BCUT2D eigenvalue weighted by atomic mass is 14.7. The Labute approximate surface area is 118 Å². The van der Waals surface area contributed by atoms with E-state index in [1.807, 2.05) is 88.5 Å². The second-order valence-corrected chi connectivity index (χ2v) is 3.34. The quantitative estimate of drug-likeness (QED) is 0.614. The Balaban J connectivity index is 0.000000741. The van der Waals surface area contributed by atoms with E-state index in [4.69, 9.17) is 0 Å². The first-order valence-electron chi connectivity index (χ1n) is 7.06. The van der Waals surface area contributed by atoms with E-state index >= 15 is 0 Å². The van der Waals surface area contributed by atoms with Gasteiger partial charge in [0, 0.05) is 18.3 Å². The van der Waals surface area contributed by atoms with Gasteiger partial charge in [-0.1, -0.05) is 82.3 Å². The lowest BCUT2D eigenvalue weighted by Gasteiger charge is -1.95. The third-order valence-electron chi connectivity index (χ3n) is 2.15. The minimum absolute atomic E-state index is 0.899. The molecule has 0 radical (unpaired) electrons. The highest BCUT2D eigenvalue weighted by molar-refractivity contribution is 5.80. The van der Waals surface area contributed by atoms with Crippen LogP contribution in [-0.4, -0.2) is 6.21 Å². The molecule has 0 fully saturated rings. The van der Waals surface area contributed by atoms with Crippen LogP contribution in [0.15, 0.2) is 71.4 Å². The molecule has 0 saturated carbocycles. The third kappa shape index (κ3) is 7.93. The largest absolute Gasteiger partial charge is 0.260 e. The van der Waals surface area contributed by atoms with Crippen LogP contribution in [0.4, 0.5) is 0 Å². The summed E-state index contributed by atoms with van der Waals surface area (Å²) in [7, 11) is 0. The molecule has 102 valence electrons. The Hall–Kier alpha value is -1.89. The zero-order valence-electron chi connectivity index (χ0n) is 12.5. The number of nitrogens with zero attached hydrogens (tertiary/aromatic N) is 1. The Morgan fingerprint density at radius 2 is 1.58 bits per heavy atom. The molecule has 0 N–H and O–H groups in total. The van der Waals surface area contributed by atoms with Crippen LogP contribution in [0.2, 0.25) is 0 Å². The van der Waals surface area contributed by atoms with E-state index in [0.717, 1.165) is 17.7 Å². The van der Waals surface area contributed by atoms with Gasteiger partial charge in [-0.05, 0) is 11.6 Å². The molecule has 1 aliphatic rings. The molecule has 0 heterocycles. The average molecular weight is 255 g/mol. The van der Waals surface area contributed by atoms with Gasteiger partial charge in [0.05, 0.1) is 0 Å². The molecular weight excluding hydrogens is 230 g/mol. The van der Waals surface area contributed by atoms with Crippen molar-refractivity contribution in [1.82, 2.24) is 0 Å². The van der Waals surface area contributed by atoms with Crippen LogP contribution in [-0.2, 0) is 0 Å². The van der Waals surface area contributed by atoms with Crippen molar-refractivity contribution >= 4 is 6.21 Å². The molecule has 0 aromatic heterocycles. The van der Waals surface area contributed by atoms with Crippen molar-refractivity contribution in [3.63, 3.8) is 0 Å². The van der Waals surface area contributed by atoms with E-state index in [0.29, 0.717) is 0 Å². The van der Waals surface area contributed by atoms with E-state index in [-0.39, 0.29) is 0 Å². The Kier molecular flexibility index (Phi) is 11.3. The highest BCUT2D eigenvalue weighted by Crippen LogP contribution is 2.08. The van der Waals surface area contributed by atoms with Gasteiger partial charge in [0.1, 0.15) is 0 Å². The number of rotatable bonds is 2. The van der Waals surface area contributed by atoms with Gasteiger partial charge >= 0.3 is 0 Å². The summed E-state index contributed by atoms with van der Waals surface area (Å²) in [6.45, 7) is 8.00. The number of allylic oxidation sites excluding steroid dienone is 5. The first-order valence-corrected chi connectivity index (χ1v) is 7.06. The van der Waals surface area contributed by atoms with Gasteiger partial charge in [0.15, 0.2) is 0 Å². The fourth-order valence-electron chi connectivity index (χ4n) is 1.36. The maximum Gasteiger partial charge on any atom is 0.0441 e. The molecule has 1 nitrogen and oxygen atoms in total. The van der Waals surface area contributed by atoms with E-state index in [2.05, 4.69) is 11.1 Å². The van der Waals surface area contributed by atoms with Crippen LogP contribution in [0.25, 0.3) is 0 Å². The van der Waals surface area contributed by atoms with E-state index in [1.165, 1.54) is 0 Å². The molecule has 0 saturated heterocycles. The fourth-order valence-corrected chi connectivity index (χ4v) is 1.36. The van der Waals surface area contributed by atoms with Crippen molar-refractivity contribution in [1.29, 1.82) is 0 Å². The van der Waals surface area contributed by atoms with Gasteiger partial charge in [-0.3, -0.25) is 4.99 Å². The molecule has 19 heavy (non-hydrogen) atoms. The number of benzene rings is 1. The van der Waals surface area contributed by atoms with Crippen molar-refractivity contribution in [2.75, 3.05) is 0 Å². The molecule has 1 aliphatic carbocycles.